The fraction of sp³-hybridized carbons (Fsp3) is 0.886. The number of allylic oxidation sites excluding steroid dienone is 1. The molecule has 0 radical (unpaired) electrons. The number of unbranched alkanes of at least 4 members (excludes halogenated alkanes) is 25. The summed E-state index contributed by atoms with van der Waals surface area (Å²) in [7, 11) is 0. The summed E-state index contributed by atoms with van der Waals surface area (Å²) < 4.78 is 5.53. The van der Waals surface area contributed by atoms with Gasteiger partial charge in [-0.1, -0.05) is 194 Å². The van der Waals surface area contributed by atoms with Crippen molar-refractivity contribution in [3.05, 3.63) is 12.2 Å². The van der Waals surface area contributed by atoms with Crippen LogP contribution in [0, 0.1) is 5.92 Å². The number of ether oxygens (including phenoxy) is 1. The third-order valence-corrected chi connectivity index (χ3v) is 10.1. The summed E-state index contributed by atoms with van der Waals surface area (Å²) >= 11 is 0. The van der Waals surface area contributed by atoms with Crippen molar-refractivity contribution in [2.24, 2.45) is 5.92 Å². The van der Waals surface area contributed by atoms with Crippen LogP contribution in [0.5, 0.6) is 0 Å². The second-order valence-corrected chi connectivity index (χ2v) is 15.0. The lowest BCUT2D eigenvalue weighted by Gasteiger charge is -2.18. The monoisotopic (exact) mass is 690 g/mol. The minimum absolute atomic E-state index is 0.0231. The van der Waals surface area contributed by atoms with Crippen LogP contribution in [-0.2, 0) is 19.1 Å². The molecule has 0 aliphatic heterocycles. The summed E-state index contributed by atoms with van der Waals surface area (Å²) in [5.74, 6) is -0.229. The van der Waals surface area contributed by atoms with Crippen LogP contribution in [0.4, 0.5) is 0 Å². The first-order valence-corrected chi connectivity index (χ1v) is 21.6. The van der Waals surface area contributed by atoms with E-state index in [2.05, 4.69) is 31.3 Å². The summed E-state index contributed by atoms with van der Waals surface area (Å²) in [4.78, 5) is 37.3. The van der Waals surface area contributed by atoms with Crippen molar-refractivity contribution in [2.75, 3.05) is 6.61 Å². The summed E-state index contributed by atoms with van der Waals surface area (Å²) in [6.45, 7) is 8.59. The molecule has 0 aromatic carbocycles. The molecule has 5 heteroatoms. The standard InChI is InChI=1S/C44H83NO4/c1-5-8-10-12-14-16-18-20-22-24-26-28-30-32-34-36-43(47)45-41(39-49-44(48)38-37-42(46)40(4)7-3)35-33-31-29-27-25-23-21-19-17-15-13-11-9-6-2/h31,33,40-41H,5-30,32,34-39H2,1-4H3,(H,45,47)/b33-31+/t40-,41-/m1/s1. The number of hydrogen-bond acceptors (Lipinski definition) is 4. The minimum atomic E-state index is -0.358. The van der Waals surface area contributed by atoms with Crippen molar-refractivity contribution < 1.29 is 19.1 Å². The highest BCUT2D eigenvalue weighted by Crippen LogP contribution is 2.15. The van der Waals surface area contributed by atoms with Gasteiger partial charge in [-0.3, -0.25) is 14.4 Å². The Balaban J connectivity index is 4.25. The van der Waals surface area contributed by atoms with Gasteiger partial charge in [0, 0.05) is 18.8 Å². The maximum atomic E-state index is 12.8. The first-order chi connectivity index (χ1) is 23.9. The van der Waals surface area contributed by atoms with Crippen LogP contribution in [-0.4, -0.2) is 30.3 Å². The number of carbonyl (C=O) groups excluding carboxylic acids is 3. The summed E-state index contributed by atoms with van der Waals surface area (Å²) in [6.07, 6.45) is 42.1. The molecule has 0 rings (SSSR count). The number of amides is 1. The summed E-state index contributed by atoms with van der Waals surface area (Å²) in [6, 6.07) is -0.230. The Morgan fingerprint density at radius 2 is 0.959 bits per heavy atom. The molecule has 1 amide bonds. The third kappa shape index (κ3) is 34.6. The zero-order chi connectivity index (χ0) is 36.0. The second kappa shape index (κ2) is 37.6. The van der Waals surface area contributed by atoms with E-state index in [0.29, 0.717) is 12.8 Å². The molecule has 49 heavy (non-hydrogen) atoms. The number of esters is 1. The first-order valence-electron chi connectivity index (χ1n) is 21.6. The SMILES string of the molecule is CCCCCCCCCCCCC/C=C/C[C@H](COC(=O)CCC(=O)[C@H](C)CC)NC(=O)CCCCCCCCCCCCCCCCC. The minimum Gasteiger partial charge on any atom is -0.463 e. The fourth-order valence-electron chi connectivity index (χ4n) is 6.40. The molecule has 1 N–H and O–H groups in total. The Bertz CT molecular complexity index is 779. The highest BCUT2D eigenvalue weighted by molar-refractivity contribution is 5.84. The topological polar surface area (TPSA) is 72.5 Å². The van der Waals surface area contributed by atoms with E-state index < -0.39 is 0 Å². The van der Waals surface area contributed by atoms with Gasteiger partial charge in [-0.15, -0.1) is 0 Å². The van der Waals surface area contributed by atoms with Crippen molar-refractivity contribution in [1.29, 1.82) is 0 Å². The maximum Gasteiger partial charge on any atom is 0.306 e. The number of nitrogens with one attached hydrogen (secondary N) is 1. The molecule has 0 aliphatic rings. The Morgan fingerprint density at radius 3 is 1.41 bits per heavy atom. The van der Waals surface area contributed by atoms with Gasteiger partial charge in [0.15, 0.2) is 0 Å². The average molecular weight is 690 g/mol. The predicted octanol–water partition coefficient (Wildman–Crippen LogP) is 13.3. The van der Waals surface area contributed by atoms with Crippen molar-refractivity contribution in [2.45, 2.75) is 239 Å². The highest BCUT2D eigenvalue weighted by atomic mass is 16.5. The van der Waals surface area contributed by atoms with E-state index in [1.165, 1.54) is 154 Å². The van der Waals surface area contributed by atoms with Gasteiger partial charge in [-0.25, -0.2) is 0 Å². The normalized spacial score (nSPS) is 12.7. The molecule has 0 spiro atoms. The fourth-order valence-corrected chi connectivity index (χ4v) is 6.40. The van der Waals surface area contributed by atoms with Crippen molar-refractivity contribution >= 4 is 17.7 Å². The Morgan fingerprint density at radius 1 is 0.531 bits per heavy atom. The van der Waals surface area contributed by atoms with Gasteiger partial charge in [0.05, 0.1) is 12.5 Å². The second-order valence-electron chi connectivity index (χ2n) is 15.0. The molecule has 0 saturated carbocycles. The van der Waals surface area contributed by atoms with Crippen molar-refractivity contribution in [3.63, 3.8) is 0 Å². The Kier molecular flexibility index (Phi) is 36.3. The van der Waals surface area contributed by atoms with Crippen LogP contribution in [0.1, 0.15) is 233 Å². The van der Waals surface area contributed by atoms with E-state index >= 15 is 0 Å². The average Bonchev–Trinajstić information content (AvgIpc) is 3.10. The molecular weight excluding hydrogens is 606 g/mol. The van der Waals surface area contributed by atoms with E-state index in [9.17, 15) is 14.4 Å². The van der Waals surface area contributed by atoms with E-state index in [1.807, 2.05) is 13.8 Å². The Labute approximate surface area is 305 Å². The Hall–Kier alpha value is -1.65. The van der Waals surface area contributed by atoms with Crippen LogP contribution >= 0.6 is 0 Å². The maximum absolute atomic E-state index is 12.8. The van der Waals surface area contributed by atoms with Crippen LogP contribution in [0.2, 0.25) is 0 Å². The van der Waals surface area contributed by atoms with Crippen LogP contribution in [0.25, 0.3) is 0 Å². The van der Waals surface area contributed by atoms with Gasteiger partial charge in [0.1, 0.15) is 12.4 Å². The molecule has 0 heterocycles. The summed E-state index contributed by atoms with van der Waals surface area (Å²) in [5, 5.41) is 3.13. The molecule has 0 aromatic heterocycles. The molecule has 0 aliphatic carbocycles. The van der Waals surface area contributed by atoms with E-state index in [1.54, 1.807) is 0 Å². The van der Waals surface area contributed by atoms with Crippen molar-refractivity contribution in [3.8, 4) is 0 Å². The van der Waals surface area contributed by atoms with Gasteiger partial charge in [0.2, 0.25) is 5.91 Å². The largest absolute Gasteiger partial charge is 0.463 e. The van der Waals surface area contributed by atoms with Crippen LogP contribution < -0.4 is 5.32 Å². The molecule has 0 aromatic rings. The van der Waals surface area contributed by atoms with E-state index in [0.717, 1.165) is 25.7 Å². The molecule has 5 nitrogen and oxygen atoms in total. The van der Waals surface area contributed by atoms with Crippen LogP contribution in [0.15, 0.2) is 12.2 Å². The third-order valence-electron chi connectivity index (χ3n) is 10.1. The highest BCUT2D eigenvalue weighted by Gasteiger charge is 2.16. The number of carbonyl (C=O) groups is 3. The van der Waals surface area contributed by atoms with E-state index in [4.69, 9.17) is 4.74 Å². The zero-order valence-electron chi connectivity index (χ0n) is 33.3. The molecule has 288 valence electrons. The molecule has 0 bridgehead atoms. The first kappa shape index (κ1) is 47.4. The van der Waals surface area contributed by atoms with Gasteiger partial charge in [-0.05, 0) is 32.1 Å². The predicted molar refractivity (Wildman–Crippen MR) is 211 cm³/mol. The molecule has 0 saturated heterocycles. The lowest BCUT2D eigenvalue weighted by atomic mass is 10.00. The molecule has 0 unspecified atom stereocenters. The lowest BCUT2D eigenvalue weighted by molar-refractivity contribution is -0.146. The zero-order valence-corrected chi connectivity index (χ0v) is 33.3. The van der Waals surface area contributed by atoms with Gasteiger partial charge >= 0.3 is 5.97 Å². The molecule has 2 atom stereocenters. The van der Waals surface area contributed by atoms with Gasteiger partial charge < -0.3 is 10.1 Å². The van der Waals surface area contributed by atoms with Crippen LogP contribution in [0.3, 0.4) is 0 Å². The number of rotatable bonds is 38. The number of hydrogen-bond donors (Lipinski definition) is 1. The number of ketones is 1. The smallest absolute Gasteiger partial charge is 0.306 e. The molecule has 0 fully saturated rings. The lowest BCUT2D eigenvalue weighted by Crippen LogP contribution is -2.38. The van der Waals surface area contributed by atoms with Crippen molar-refractivity contribution in [1.82, 2.24) is 5.32 Å². The number of Topliss-reactive ketones (excluding diaryl/α,β-unsaturated/α-hetero) is 1. The summed E-state index contributed by atoms with van der Waals surface area (Å²) in [5.41, 5.74) is 0. The van der Waals surface area contributed by atoms with E-state index in [-0.39, 0.29) is 49.1 Å². The van der Waals surface area contributed by atoms with Gasteiger partial charge in [-0.2, -0.15) is 0 Å². The molecular formula is C44H83NO4. The quantitative estimate of drug-likeness (QED) is 0.0398. The van der Waals surface area contributed by atoms with Gasteiger partial charge in [0.25, 0.3) is 0 Å².